The Morgan fingerprint density at radius 2 is 2.57 bits per heavy atom. The van der Waals surface area contributed by atoms with Gasteiger partial charge in [0, 0.05) is 6.42 Å². The molecule has 0 heterocycles. The van der Waals surface area contributed by atoms with Crippen LogP contribution in [0.25, 0.3) is 0 Å². The lowest BCUT2D eigenvalue weighted by Gasteiger charge is -1.84. The van der Waals surface area contributed by atoms with Crippen molar-refractivity contribution in [3.8, 4) is 0 Å². The number of oxime groups is 1. The molecule has 4 heteroatoms. The number of thiocarbonyl (C=S) groups is 1. The fourth-order valence-corrected chi connectivity index (χ4v) is 0.297. The molecule has 0 saturated carbocycles. The Morgan fingerprint density at radius 3 is 2.71 bits per heavy atom. The zero-order chi connectivity index (χ0) is 5.70. The minimum absolute atomic E-state index is 0.148. The van der Waals surface area contributed by atoms with E-state index in [1.165, 1.54) is 5.37 Å². The van der Waals surface area contributed by atoms with E-state index in [-0.39, 0.29) is 5.84 Å². The van der Waals surface area contributed by atoms with Crippen LogP contribution in [0.1, 0.15) is 6.42 Å². The van der Waals surface area contributed by atoms with Crippen molar-refractivity contribution in [3.05, 3.63) is 0 Å². The summed E-state index contributed by atoms with van der Waals surface area (Å²) >= 11 is 4.40. The van der Waals surface area contributed by atoms with Crippen LogP contribution in [0.4, 0.5) is 0 Å². The summed E-state index contributed by atoms with van der Waals surface area (Å²) in [5, 5.41) is 11.9. The van der Waals surface area contributed by atoms with Gasteiger partial charge in [-0.2, -0.15) is 0 Å². The molecule has 0 saturated heterocycles. The second-order valence-corrected chi connectivity index (χ2v) is 1.30. The van der Waals surface area contributed by atoms with Gasteiger partial charge in [0.15, 0.2) is 0 Å². The van der Waals surface area contributed by atoms with E-state index in [1.807, 2.05) is 0 Å². The molecular weight excluding hydrogens is 112 g/mol. The maximum Gasteiger partial charge on any atom is 0.143 e. The van der Waals surface area contributed by atoms with Gasteiger partial charge in [0.05, 0.1) is 0 Å². The summed E-state index contributed by atoms with van der Waals surface area (Å²) in [6.07, 6.45) is 0.367. The molecular formula is C3H6N2OS. The zero-order valence-corrected chi connectivity index (χ0v) is 4.48. The molecule has 40 valence electrons. The van der Waals surface area contributed by atoms with Gasteiger partial charge in [-0.1, -0.05) is 17.4 Å². The Morgan fingerprint density at radius 1 is 2.00 bits per heavy atom. The molecule has 0 aliphatic rings. The minimum atomic E-state index is 0.148. The molecule has 0 rings (SSSR count). The van der Waals surface area contributed by atoms with Crippen LogP contribution in [-0.2, 0) is 0 Å². The van der Waals surface area contributed by atoms with Crippen molar-refractivity contribution in [2.75, 3.05) is 0 Å². The van der Waals surface area contributed by atoms with Crippen molar-refractivity contribution in [1.82, 2.24) is 0 Å². The molecule has 3 nitrogen and oxygen atoms in total. The predicted octanol–water partition coefficient (Wildman–Crippen LogP) is 0.123. The molecule has 0 aliphatic carbocycles. The molecule has 0 atom stereocenters. The molecule has 3 N–H and O–H groups in total. The molecule has 0 aliphatic heterocycles. The van der Waals surface area contributed by atoms with Crippen LogP contribution in [0, 0.1) is 0 Å². The first-order valence-electron chi connectivity index (χ1n) is 1.71. The first-order valence-corrected chi connectivity index (χ1v) is 2.18. The molecule has 0 aromatic rings. The smallest absolute Gasteiger partial charge is 0.143 e. The number of nitrogens with zero attached hydrogens (tertiary/aromatic N) is 1. The number of hydrogen-bond acceptors (Lipinski definition) is 3. The highest BCUT2D eigenvalue weighted by molar-refractivity contribution is 7.79. The number of amidine groups is 1. The highest BCUT2D eigenvalue weighted by Gasteiger charge is 1.82. The third-order valence-corrected chi connectivity index (χ3v) is 0.588. The van der Waals surface area contributed by atoms with Crippen LogP contribution in [0.15, 0.2) is 5.16 Å². The van der Waals surface area contributed by atoms with Crippen LogP contribution in [0.5, 0.6) is 0 Å². The monoisotopic (exact) mass is 118 g/mol. The minimum Gasteiger partial charge on any atom is -0.409 e. The van der Waals surface area contributed by atoms with Gasteiger partial charge in [-0.05, 0) is 5.37 Å². The fraction of sp³-hybridized carbons (Fsp3) is 0.333. The number of rotatable bonds is 2. The van der Waals surface area contributed by atoms with Gasteiger partial charge in [-0.25, -0.2) is 0 Å². The summed E-state index contributed by atoms with van der Waals surface area (Å²) in [6, 6.07) is 0. The van der Waals surface area contributed by atoms with Crippen LogP contribution < -0.4 is 5.73 Å². The molecule has 0 spiro atoms. The summed E-state index contributed by atoms with van der Waals surface area (Å²) < 4.78 is 0. The van der Waals surface area contributed by atoms with E-state index in [0.717, 1.165) is 0 Å². The van der Waals surface area contributed by atoms with E-state index < -0.39 is 0 Å². The van der Waals surface area contributed by atoms with Crippen molar-refractivity contribution in [3.63, 3.8) is 0 Å². The largest absolute Gasteiger partial charge is 0.409 e. The third-order valence-electron chi connectivity index (χ3n) is 0.421. The Hall–Kier alpha value is -0.640. The van der Waals surface area contributed by atoms with Crippen molar-refractivity contribution in [1.29, 1.82) is 0 Å². The fourth-order valence-electron chi connectivity index (χ4n) is 0.126. The van der Waals surface area contributed by atoms with Gasteiger partial charge >= 0.3 is 0 Å². The third kappa shape index (κ3) is 3.18. The quantitative estimate of drug-likeness (QED) is 0.178. The average molecular weight is 118 g/mol. The second-order valence-electron chi connectivity index (χ2n) is 0.962. The van der Waals surface area contributed by atoms with Gasteiger partial charge in [0.2, 0.25) is 0 Å². The Kier molecular flexibility index (Phi) is 3.22. The molecule has 0 fully saturated rings. The van der Waals surface area contributed by atoms with E-state index in [2.05, 4.69) is 17.4 Å². The van der Waals surface area contributed by atoms with Crippen LogP contribution in [0.2, 0.25) is 0 Å². The predicted molar refractivity (Wildman–Crippen MR) is 31.7 cm³/mol. The van der Waals surface area contributed by atoms with Crippen LogP contribution in [0.3, 0.4) is 0 Å². The molecule has 7 heavy (non-hydrogen) atoms. The van der Waals surface area contributed by atoms with E-state index in [9.17, 15) is 0 Å². The molecule has 0 bridgehead atoms. The molecule has 0 amide bonds. The van der Waals surface area contributed by atoms with Gasteiger partial charge in [0.1, 0.15) is 5.84 Å². The van der Waals surface area contributed by atoms with E-state index in [1.54, 1.807) is 0 Å². The van der Waals surface area contributed by atoms with Gasteiger partial charge in [0.25, 0.3) is 0 Å². The van der Waals surface area contributed by atoms with Crippen LogP contribution >= 0.6 is 12.2 Å². The maximum absolute atomic E-state index is 7.86. The lowest BCUT2D eigenvalue weighted by atomic mass is 10.5. The van der Waals surface area contributed by atoms with Crippen molar-refractivity contribution >= 4 is 23.4 Å². The van der Waals surface area contributed by atoms with Gasteiger partial charge in [-0.3, -0.25) is 0 Å². The highest BCUT2D eigenvalue weighted by Crippen LogP contribution is 1.70. The number of hydrogen-bond donors (Lipinski definition) is 2. The van der Waals surface area contributed by atoms with Crippen molar-refractivity contribution < 1.29 is 5.21 Å². The summed E-state index contributed by atoms with van der Waals surface area (Å²) in [5.41, 5.74) is 4.99. The normalized spacial score (nSPS) is 11.1. The second kappa shape index (κ2) is 3.55. The summed E-state index contributed by atoms with van der Waals surface area (Å²) in [4.78, 5) is 0. The lowest BCUT2D eigenvalue weighted by molar-refractivity contribution is 0.317. The van der Waals surface area contributed by atoms with Crippen molar-refractivity contribution in [2.45, 2.75) is 6.42 Å². The summed E-state index contributed by atoms with van der Waals surface area (Å²) in [5.74, 6) is 0.148. The standard InChI is InChI=1S/C3H6N2OS/c4-3(5-6)1-2-7/h2,6H,1H2,(H2,4,5). The van der Waals surface area contributed by atoms with Gasteiger partial charge < -0.3 is 10.9 Å². The van der Waals surface area contributed by atoms with E-state index in [0.29, 0.717) is 6.42 Å². The van der Waals surface area contributed by atoms with E-state index >= 15 is 0 Å². The molecule has 0 aromatic carbocycles. The maximum atomic E-state index is 7.86. The average Bonchev–Trinajstić information content (AvgIpc) is 1.68. The summed E-state index contributed by atoms with van der Waals surface area (Å²) in [6.45, 7) is 0. The lowest BCUT2D eigenvalue weighted by Crippen LogP contribution is -2.10. The number of nitrogens with two attached hydrogens (primary N) is 1. The molecule has 0 unspecified atom stereocenters. The SMILES string of the molecule is NC(CC=S)=NO. The first-order chi connectivity index (χ1) is 3.31. The Balaban J connectivity index is 3.36. The molecule has 0 radical (unpaired) electrons. The van der Waals surface area contributed by atoms with Gasteiger partial charge in [-0.15, -0.1) is 0 Å². The van der Waals surface area contributed by atoms with E-state index in [4.69, 9.17) is 10.9 Å². The topological polar surface area (TPSA) is 58.6 Å². The zero-order valence-electron chi connectivity index (χ0n) is 3.66. The Bertz CT molecular complexity index is 90.9. The van der Waals surface area contributed by atoms with Crippen molar-refractivity contribution in [2.24, 2.45) is 10.9 Å². The van der Waals surface area contributed by atoms with Crippen LogP contribution in [-0.4, -0.2) is 16.4 Å². The summed E-state index contributed by atoms with van der Waals surface area (Å²) in [7, 11) is 0. The molecule has 0 aromatic heterocycles. The Labute approximate surface area is 46.8 Å². The highest BCUT2D eigenvalue weighted by atomic mass is 32.1. The first kappa shape index (κ1) is 6.36.